The second-order valence-corrected chi connectivity index (χ2v) is 6.90. The van der Waals surface area contributed by atoms with Crippen LogP contribution < -0.4 is 0 Å². The van der Waals surface area contributed by atoms with Crippen molar-refractivity contribution >= 4 is 38.7 Å². The predicted molar refractivity (Wildman–Crippen MR) is 71.4 cm³/mol. The maximum absolute atomic E-state index is 13.5. The molecule has 0 saturated heterocycles. The summed E-state index contributed by atoms with van der Waals surface area (Å²) in [6.45, 7) is 0. The third-order valence-corrected chi connectivity index (χ3v) is 5.06. The minimum Gasteiger partial charge on any atom is -0.478 e. The van der Waals surface area contributed by atoms with Crippen LogP contribution in [0.15, 0.2) is 27.9 Å². The molecule has 0 spiro atoms. The monoisotopic (exact) mass is 335 g/mol. The van der Waals surface area contributed by atoms with E-state index in [0.29, 0.717) is 11.8 Å². The van der Waals surface area contributed by atoms with Crippen LogP contribution in [0.1, 0.15) is 16.1 Å². The lowest BCUT2D eigenvalue weighted by Crippen LogP contribution is -2.09. The lowest BCUT2D eigenvalue weighted by Gasteiger charge is -2.06. The Labute approximate surface area is 122 Å². The molecule has 9 heteroatoms. The highest BCUT2D eigenvalue weighted by Gasteiger charge is 2.22. The fourth-order valence-electron chi connectivity index (χ4n) is 1.49. The molecule has 0 fully saturated rings. The highest BCUT2D eigenvalue weighted by molar-refractivity contribution is 7.90. The average Bonchev–Trinajstić information content (AvgIpc) is 2.83. The summed E-state index contributed by atoms with van der Waals surface area (Å²) in [5, 5.41) is 9.80. The second-order valence-electron chi connectivity index (χ2n) is 3.81. The first-order valence-electron chi connectivity index (χ1n) is 5.13. The van der Waals surface area contributed by atoms with Gasteiger partial charge in [0, 0.05) is 5.38 Å². The minimum atomic E-state index is -3.90. The minimum absolute atomic E-state index is 0.308. The Morgan fingerprint density at radius 3 is 2.70 bits per heavy atom. The molecule has 1 aromatic carbocycles. The molecule has 0 bridgehead atoms. The zero-order valence-electron chi connectivity index (χ0n) is 9.71. The van der Waals surface area contributed by atoms with Crippen LogP contribution in [0.4, 0.5) is 4.39 Å². The number of carboxylic acid groups (broad SMARTS) is 1. The zero-order chi connectivity index (χ0) is 14.9. The quantitative estimate of drug-likeness (QED) is 0.928. The third-order valence-electron chi connectivity index (χ3n) is 2.41. The van der Waals surface area contributed by atoms with Crippen molar-refractivity contribution in [3.8, 4) is 0 Å². The van der Waals surface area contributed by atoms with Crippen molar-refractivity contribution in [2.24, 2.45) is 0 Å². The number of hydrogen-bond donors (Lipinski definition) is 1. The van der Waals surface area contributed by atoms with Gasteiger partial charge in [0.15, 0.2) is 9.84 Å². The molecular formula is C11H7ClFNO4S2. The summed E-state index contributed by atoms with van der Waals surface area (Å²) in [6.07, 6.45) is 0. The largest absolute Gasteiger partial charge is 0.478 e. The van der Waals surface area contributed by atoms with Crippen LogP contribution in [-0.2, 0) is 15.6 Å². The van der Waals surface area contributed by atoms with E-state index >= 15 is 0 Å². The number of carboxylic acids is 1. The van der Waals surface area contributed by atoms with E-state index < -0.39 is 42.9 Å². The van der Waals surface area contributed by atoms with Gasteiger partial charge in [0.1, 0.15) is 5.82 Å². The summed E-state index contributed by atoms with van der Waals surface area (Å²) < 4.78 is 37.7. The van der Waals surface area contributed by atoms with Crippen LogP contribution in [0.5, 0.6) is 0 Å². The van der Waals surface area contributed by atoms with Crippen LogP contribution >= 0.6 is 22.9 Å². The lowest BCUT2D eigenvalue weighted by molar-refractivity contribution is 0.0696. The van der Waals surface area contributed by atoms with E-state index in [4.69, 9.17) is 16.7 Å². The molecule has 2 aromatic rings. The van der Waals surface area contributed by atoms with Gasteiger partial charge in [0.25, 0.3) is 0 Å². The number of nitrogens with zero attached hydrogens (tertiary/aromatic N) is 1. The number of aromatic nitrogens is 1. The fourth-order valence-corrected chi connectivity index (χ4v) is 3.63. The number of hydrogen-bond acceptors (Lipinski definition) is 5. The van der Waals surface area contributed by atoms with Gasteiger partial charge in [-0.25, -0.2) is 22.6 Å². The Morgan fingerprint density at radius 1 is 1.45 bits per heavy atom. The molecule has 106 valence electrons. The van der Waals surface area contributed by atoms with Crippen LogP contribution in [-0.4, -0.2) is 24.5 Å². The maximum Gasteiger partial charge on any atom is 0.337 e. The van der Waals surface area contributed by atoms with E-state index in [1.807, 2.05) is 0 Å². The van der Waals surface area contributed by atoms with E-state index in [9.17, 15) is 17.6 Å². The van der Waals surface area contributed by atoms with E-state index in [-0.39, 0.29) is 0 Å². The number of aromatic carboxylic acids is 1. The molecule has 0 atom stereocenters. The van der Waals surface area contributed by atoms with Gasteiger partial charge in [0.05, 0.1) is 32.4 Å². The summed E-state index contributed by atoms with van der Waals surface area (Å²) in [5.74, 6) is -3.03. The van der Waals surface area contributed by atoms with Gasteiger partial charge < -0.3 is 5.11 Å². The zero-order valence-corrected chi connectivity index (χ0v) is 12.1. The average molecular weight is 336 g/mol. The second kappa shape index (κ2) is 5.47. The first kappa shape index (κ1) is 14.9. The van der Waals surface area contributed by atoms with Gasteiger partial charge in [-0.3, -0.25) is 0 Å². The van der Waals surface area contributed by atoms with E-state index in [1.165, 1.54) is 16.8 Å². The molecule has 0 aliphatic heterocycles. The molecule has 20 heavy (non-hydrogen) atoms. The molecule has 5 nitrogen and oxygen atoms in total. The van der Waals surface area contributed by atoms with Crippen molar-refractivity contribution in [3.05, 3.63) is 45.1 Å². The molecule has 1 aromatic heterocycles. The fraction of sp³-hybridized carbons (Fsp3) is 0.0909. The van der Waals surface area contributed by atoms with Gasteiger partial charge in [0.2, 0.25) is 0 Å². The first-order chi connectivity index (χ1) is 9.31. The Bertz CT molecular complexity index is 759. The smallest absolute Gasteiger partial charge is 0.337 e. The standard InChI is InChI=1S/C11H7ClFNO4S2/c12-10-8(11(15)16)1-7(2-9(10)13)20(17,18)4-6-3-19-5-14-6/h1-3,5H,4H2,(H,15,16). The molecule has 1 N–H and O–H groups in total. The molecule has 0 aliphatic carbocycles. The van der Waals surface area contributed by atoms with Crippen molar-refractivity contribution < 1.29 is 22.7 Å². The lowest BCUT2D eigenvalue weighted by atomic mass is 10.2. The van der Waals surface area contributed by atoms with Gasteiger partial charge in [-0.2, -0.15) is 0 Å². The van der Waals surface area contributed by atoms with Gasteiger partial charge in [-0.1, -0.05) is 11.6 Å². The SMILES string of the molecule is O=C(O)c1cc(S(=O)(=O)Cc2cscn2)cc(F)c1Cl. The van der Waals surface area contributed by atoms with E-state index in [0.717, 1.165) is 6.07 Å². The number of rotatable bonds is 4. The van der Waals surface area contributed by atoms with Crippen LogP contribution in [0.25, 0.3) is 0 Å². The van der Waals surface area contributed by atoms with Crippen molar-refractivity contribution in [1.29, 1.82) is 0 Å². The van der Waals surface area contributed by atoms with E-state index in [2.05, 4.69) is 4.98 Å². The Kier molecular flexibility index (Phi) is 4.07. The van der Waals surface area contributed by atoms with Gasteiger partial charge in [-0.05, 0) is 12.1 Å². The highest BCUT2D eigenvalue weighted by atomic mass is 35.5. The first-order valence-corrected chi connectivity index (χ1v) is 8.11. The Hall–Kier alpha value is -1.51. The topological polar surface area (TPSA) is 84.3 Å². The molecule has 0 aliphatic rings. The molecule has 0 unspecified atom stereocenters. The van der Waals surface area contributed by atoms with Gasteiger partial charge in [-0.15, -0.1) is 11.3 Å². The molecule has 0 amide bonds. The number of carbonyl (C=O) groups is 1. The van der Waals surface area contributed by atoms with Crippen LogP contribution in [0, 0.1) is 5.82 Å². The number of halogens is 2. The summed E-state index contributed by atoms with van der Waals surface area (Å²) in [5.41, 5.74) is 1.18. The summed E-state index contributed by atoms with van der Waals surface area (Å²) in [4.78, 5) is 14.3. The van der Waals surface area contributed by atoms with Crippen molar-refractivity contribution in [1.82, 2.24) is 4.98 Å². The van der Waals surface area contributed by atoms with Crippen LogP contribution in [0.2, 0.25) is 5.02 Å². The van der Waals surface area contributed by atoms with Crippen molar-refractivity contribution in [2.45, 2.75) is 10.6 Å². The number of sulfone groups is 1. The molecular weight excluding hydrogens is 329 g/mol. The normalized spacial score (nSPS) is 11.5. The number of benzene rings is 1. The van der Waals surface area contributed by atoms with Crippen molar-refractivity contribution in [3.63, 3.8) is 0 Å². The summed E-state index contributed by atoms with van der Waals surface area (Å²) in [7, 11) is -3.90. The summed E-state index contributed by atoms with van der Waals surface area (Å²) in [6, 6.07) is 1.55. The Morgan fingerprint density at radius 2 is 2.15 bits per heavy atom. The third kappa shape index (κ3) is 2.97. The molecule has 0 radical (unpaired) electrons. The molecule has 1 heterocycles. The number of thiazole rings is 1. The predicted octanol–water partition coefficient (Wildman–Crippen LogP) is 2.61. The van der Waals surface area contributed by atoms with Crippen LogP contribution in [0.3, 0.4) is 0 Å². The van der Waals surface area contributed by atoms with E-state index in [1.54, 1.807) is 5.38 Å². The van der Waals surface area contributed by atoms with Gasteiger partial charge >= 0.3 is 5.97 Å². The maximum atomic E-state index is 13.5. The Balaban J connectivity index is 2.49. The highest BCUT2D eigenvalue weighted by Crippen LogP contribution is 2.26. The summed E-state index contributed by atoms with van der Waals surface area (Å²) >= 11 is 6.72. The molecule has 2 rings (SSSR count). The van der Waals surface area contributed by atoms with Crippen molar-refractivity contribution in [2.75, 3.05) is 0 Å². The molecule has 0 saturated carbocycles.